The smallest absolute Gasteiger partial charge is 0.462 e. The van der Waals surface area contributed by atoms with Crippen LogP contribution in [0.25, 0.3) is 0 Å². The van der Waals surface area contributed by atoms with Gasteiger partial charge in [0.25, 0.3) is 0 Å². The van der Waals surface area contributed by atoms with Gasteiger partial charge in [0.05, 0.1) is 6.61 Å². The molecule has 69 heavy (non-hydrogen) atoms. The predicted molar refractivity (Wildman–Crippen MR) is 261 cm³/mol. The van der Waals surface area contributed by atoms with Gasteiger partial charge in [0.15, 0.2) is 6.10 Å². The SMILES string of the molecule is CCCCCC=CCC=CCC=CCC=CCCCCCC(=O)OC(COC(=O)CCCCCCCCCCCCCCC)COP(=O)(O)OC1C(O)C(O)C(OP(=O)(O)O)C(OP(=O)(O)O)C1O. The van der Waals surface area contributed by atoms with Gasteiger partial charge in [-0.15, -0.1) is 0 Å². The summed E-state index contributed by atoms with van der Waals surface area (Å²) >= 11 is 0. The standard InChI is InChI=1S/C47H85O19P3/c1-3-5-7-9-11-13-15-17-18-19-20-21-22-24-26-28-30-32-34-36-41(49)63-39(37-61-40(48)35-33-31-29-27-25-23-16-14-12-10-8-6-4-2)38-62-69(59,60)66-45-42(50)43(51)46(64-67(53,54)55)47(44(45)52)65-68(56,57)58/h11,13,17-18,20-21,24,26,39,42-47,50-52H,3-10,12,14-16,19,22-23,25,27-38H2,1-2H3,(H,59,60)(H2,53,54,55)(H2,56,57,58). The Labute approximate surface area is 410 Å². The molecule has 1 aliphatic carbocycles. The Bertz CT molecular complexity index is 1630. The number of phosphoric ester groups is 3. The Balaban J connectivity index is 2.73. The molecule has 0 aromatic heterocycles. The number of unbranched alkanes of at least 4 members (excludes halogenated alkanes) is 18. The van der Waals surface area contributed by atoms with E-state index in [0.717, 1.165) is 64.2 Å². The number of esters is 2. The van der Waals surface area contributed by atoms with Gasteiger partial charge in [-0.05, 0) is 57.8 Å². The Morgan fingerprint density at radius 3 is 1.32 bits per heavy atom. The molecule has 8 unspecified atom stereocenters. The third-order valence-corrected chi connectivity index (χ3v) is 13.2. The van der Waals surface area contributed by atoms with Crippen LogP contribution in [0.4, 0.5) is 0 Å². The van der Waals surface area contributed by atoms with Gasteiger partial charge >= 0.3 is 35.4 Å². The summed E-state index contributed by atoms with van der Waals surface area (Å²) in [7, 11) is -16.6. The van der Waals surface area contributed by atoms with Crippen molar-refractivity contribution in [1.29, 1.82) is 0 Å². The minimum Gasteiger partial charge on any atom is -0.462 e. The fourth-order valence-electron chi connectivity index (χ4n) is 7.39. The Morgan fingerprint density at radius 1 is 0.464 bits per heavy atom. The number of hydrogen-bond acceptors (Lipinski definition) is 14. The molecule has 22 heteroatoms. The van der Waals surface area contributed by atoms with Gasteiger partial charge < -0.3 is 49.3 Å². The molecule has 0 radical (unpaired) electrons. The second-order valence-corrected chi connectivity index (χ2v) is 21.2. The molecule has 0 aliphatic heterocycles. The van der Waals surface area contributed by atoms with Crippen LogP contribution < -0.4 is 0 Å². The summed E-state index contributed by atoms with van der Waals surface area (Å²) in [5.74, 6) is -1.33. The molecule has 1 aliphatic rings. The first-order valence-electron chi connectivity index (χ1n) is 24.9. The van der Waals surface area contributed by atoms with E-state index in [0.29, 0.717) is 19.3 Å². The van der Waals surface area contributed by atoms with Crippen LogP contribution in [0.5, 0.6) is 0 Å². The molecule has 0 aromatic rings. The number of phosphoric acid groups is 3. The van der Waals surface area contributed by atoms with Gasteiger partial charge in [-0.3, -0.25) is 27.7 Å². The van der Waals surface area contributed by atoms with E-state index in [2.05, 4.69) is 71.5 Å². The monoisotopic (exact) mass is 1050 g/mol. The molecule has 0 saturated heterocycles. The lowest BCUT2D eigenvalue weighted by atomic mass is 9.85. The van der Waals surface area contributed by atoms with Crippen molar-refractivity contribution < 1.29 is 90.6 Å². The van der Waals surface area contributed by atoms with Gasteiger partial charge in [-0.25, -0.2) is 13.7 Å². The fourth-order valence-corrected chi connectivity index (χ4v) is 9.49. The maximum atomic E-state index is 13.1. The zero-order chi connectivity index (χ0) is 51.4. The Kier molecular flexibility index (Phi) is 36.5. The molecule has 1 rings (SSSR count). The lowest BCUT2D eigenvalue weighted by Gasteiger charge is -2.44. The molecule has 0 amide bonds. The zero-order valence-electron chi connectivity index (χ0n) is 40.9. The highest BCUT2D eigenvalue weighted by Crippen LogP contribution is 2.51. The van der Waals surface area contributed by atoms with Gasteiger partial charge in [-0.2, -0.15) is 0 Å². The van der Waals surface area contributed by atoms with Gasteiger partial charge in [0.1, 0.15) is 43.2 Å². The largest absolute Gasteiger partial charge is 0.472 e. The average Bonchev–Trinajstić information content (AvgIpc) is 3.28. The minimum absolute atomic E-state index is 0.0392. The number of carbonyl (C=O) groups is 2. The van der Waals surface area contributed by atoms with E-state index in [1.54, 1.807) is 0 Å². The summed E-state index contributed by atoms with van der Waals surface area (Å²) in [6.07, 6.45) is 25.5. The van der Waals surface area contributed by atoms with Crippen LogP contribution in [0.15, 0.2) is 48.6 Å². The topological polar surface area (TPSA) is 303 Å². The van der Waals surface area contributed by atoms with Crippen molar-refractivity contribution in [2.75, 3.05) is 13.2 Å². The number of allylic oxidation sites excluding steroid dienone is 8. The Morgan fingerprint density at radius 2 is 0.841 bits per heavy atom. The lowest BCUT2D eigenvalue weighted by molar-refractivity contribution is -0.213. The van der Waals surface area contributed by atoms with Crippen molar-refractivity contribution in [3.05, 3.63) is 48.6 Å². The van der Waals surface area contributed by atoms with Crippen molar-refractivity contribution in [2.45, 2.75) is 224 Å². The number of aliphatic hydroxyl groups excluding tert-OH is 3. The molecular formula is C47H85O19P3. The fraction of sp³-hybridized carbons (Fsp3) is 0.787. The maximum absolute atomic E-state index is 13.1. The van der Waals surface area contributed by atoms with Gasteiger partial charge in [0.2, 0.25) is 0 Å². The summed E-state index contributed by atoms with van der Waals surface area (Å²) in [6, 6.07) is 0. The van der Waals surface area contributed by atoms with E-state index >= 15 is 0 Å². The van der Waals surface area contributed by atoms with E-state index in [-0.39, 0.29) is 12.8 Å². The highest BCUT2D eigenvalue weighted by atomic mass is 31.2. The Hall–Kier alpha value is -1.89. The molecule has 8 N–H and O–H groups in total. The first-order valence-corrected chi connectivity index (χ1v) is 29.5. The van der Waals surface area contributed by atoms with Crippen LogP contribution in [0, 0.1) is 0 Å². The highest BCUT2D eigenvalue weighted by Gasteiger charge is 2.56. The van der Waals surface area contributed by atoms with Crippen LogP contribution in [0.3, 0.4) is 0 Å². The lowest BCUT2D eigenvalue weighted by Crippen LogP contribution is -2.65. The van der Waals surface area contributed by atoms with E-state index in [1.807, 2.05) is 0 Å². The molecule has 19 nitrogen and oxygen atoms in total. The molecule has 0 aromatic carbocycles. The average molecular weight is 1050 g/mol. The predicted octanol–water partition coefficient (Wildman–Crippen LogP) is 9.40. The normalized spacial score (nSPS) is 21.7. The molecule has 402 valence electrons. The van der Waals surface area contributed by atoms with Crippen molar-refractivity contribution in [3.8, 4) is 0 Å². The summed E-state index contributed by atoms with van der Waals surface area (Å²) in [5, 5.41) is 31.9. The number of carbonyl (C=O) groups excluding carboxylic acids is 2. The van der Waals surface area contributed by atoms with E-state index in [1.165, 1.54) is 70.6 Å². The van der Waals surface area contributed by atoms with Gasteiger partial charge in [0, 0.05) is 12.8 Å². The maximum Gasteiger partial charge on any atom is 0.472 e. The molecule has 0 heterocycles. The molecule has 0 bridgehead atoms. The number of rotatable bonds is 42. The molecular weight excluding hydrogens is 961 g/mol. The van der Waals surface area contributed by atoms with E-state index in [9.17, 15) is 63.1 Å². The molecule has 1 fully saturated rings. The summed E-state index contributed by atoms with van der Waals surface area (Å²) in [6.45, 7) is 2.90. The molecule has 0 spiro atoms. The van der Waals surface area contributed by atoms with E-state index in [4.69, 9.17) is 18.5 Å². The highest BCUT2D eigenvalue weighted by molar-refractivity contribution is 7.47. The summed E-state index contributed by atoms with van der Waals surface area (Å²) < 4.78 is 65.5. The summed E-state index contributed by atoms with van der Waals surface area (Å²) in [5.41, 5.74) is 0. The van der Waals surface area contributed by atoms with Crippen molar-refractivity contribution >= 4 is 35.4 Å². The molecule has 8 atom stereocenters. The number of hydrogen-bond donors (Lipinski definition) is 8. The van der Waals surface area contributed by atoms with Crippen LogP contribution in [0.2, 0.25) is 0 Å². The second-order valence-electron chi connectivity index (χ2n) is 17.4. The van der Waals surface area contributed by atoms with Crippen molar-refractivity contribution in [1.82, 2.24) is 0 Å². The van der Waals surface area contributed by atoms with Crippen molar-refractivity contribution in [3.63, 3.8) is 0 Å². The first-order chi connectivity index (χ1) is 32.8. The van der Waals surface area contributed by atoms with Crippen LogP contribution >= 0.6 is 23.5 Å². The van der Waals surface area contributed by atoms with Crippen LogP contribution in [-0.2, 0) is 50.9 Å². The van der Waals surface area contributed by atoms with Gasteiger partial charge in [-0.1, -0.05) is 159 Å². The summed E-state index contributed by atoms with van der Waals surface area (Å²) in [4.78, 5) is 73.3. The van der Waals surface area contributed by atoms with E-state index < -0.39 is 91.3 Å². The zero-order valence-corrected chi connectivity index (χ0v) is 43.6. The minimum atomic E-state index is -5.61. The third kappa shape index (κ3) is 35.0. The molecule has 1 saturated carbocycles. The number of ether oxygens (including phenoxy) is 2. The van der Waals surface area contributed by atoms with Crippen molar-refractivity contribution in [2.24, 2.45) is 0 Å². The second kappa shape index (κ2) is 38.7. The van der Waals surface area contributed by atoms with Crippen LogP contribution in [0.1, 0.15) is 181 Å². The van der Waals surface area contributed by atoms with Crippen LogP contribution in [-0.4, -0.2) is 108 Å². The third-order valence-electron chi connectivity index (χ3n) is 11.1. The quantitative estimate of drug-likeness (QED) is 0.0122. The first kappa shape index (κ1) is 65.1. The number of aliphatic hydroxyl groups is 3.